The monoisotopic (exact) mass is 401 g/mol. The normalized spacial score (nSPS) is 18.0. The van der Waals surface area contributed by atoms with Crippen LogP contribution < -0.4 is 10.9 Å². The molecule has 6 heteroatoms. The minimum Gasteiger partial charge on any atom is -0.448 e. The van der Waals surface area contributed by atoms with E-state index in [2.05, 4.69) is 34.6 Å². The van der Waals surface area contributed by atoms with Crippen LogP contribution in [0.2, 0.25) is 0 Å². The van der Waals surface area contributed by atoms with Crippen LogP contribution in [-0.4, -0.2) is 42.2 Å². The molecule has 0 saturated carbocycles. The lowest BCUT2D eigenvalue weighted by Crippen LogP contribution is -2.49. The van der Waals surface area contributed by atoms with E-state index in [4.69, 9.17) is 4.74 Å². The molecule has 2 aromatic carbocycles. The first-order chi connectivity index (χ1) is 14.7. The highest BCUT2D eigenvalue weighted by atomic mass is 16.6. The number of rotatable bonds is 3. The SMILES string of the molecule is O=C(OCC1c2ccccc2-c2ccccc21)N1CCNCC1c1ccc(=O)[nH]c1. The Bertz CT molecular complexity index is 1070. The number of benzene rings is 2. The van der Waals surface area contributed by atoms with Crippen LogP contribution in [0.4, 0.5) is 4.79 Å². The highest BCUT2D eigenvalue weighted by Crippen LogP contribution is 2.44. The Kier molecular flexibility index (Phi) is 4.85. The minimum absolute atomic E-state index is 0.0378. The maximum atomic E-state index is 13.0. The van der Waals surface area contributed by atoms with Crippen LogP contribution in [0.15, 0.2) is 71.7 Å². The standard InChI is InChI=1S/C24H23N3O3/c28-23-10-9-16(13-26-23)22-14-25-11-12-27(22)24(29)30-15-21-19-7-3-1-5-17(19)18-6-2-4-8-20(18)21/h1-10,13,21-22,25H,11-12,14-15H2,(H,26,28). The van der Waals surface area contributed by atoms with E-state index in [0.717, 1.165) is 5.56 Å². The Morgan fingerprint density at radius 3 is 2.37 bits per heavy atom. The van der Waals surface area contributed by atoms with Gasteiger partial charge in [-0.15, -0.1) is 0 Å². The number of piperazine rings is 1. The summed E-state index contributed by atoms with van der Waals surface area (Å²) in [6, 6.07) is 19.7. The molecule has 1 atom stereocenters. The molecule has 1 amide bonds. The quantitative estimate of drug-likeness (QED) is 0.706. The van der Waals surface area contributed by atoms with E-state index in [1.54, 1.807) is 17.2 Å². The molecule has 6 nitrogen and oxygen atoms in total. The van der Waals surface area contributed by atoms with Gasteiger partial charge in [0.25, 0.3) is 0 Å². The van der Waals surface area contributed by atoms with Crippen molar-refractivity contribution in [3.63, 3.8) is 0 Å². The highest BCUT2D eigenvalue weighted by Gasteiger charge is 2.32. The molecule has 1 fully saturated rings. The van der Waals surface area contributed by atoms with Crippen molar-refractivity contribution in [2.24, 2.45) is 0 Å². The van der Waals surface area contributed by atoms with Gasteiger partial charge < -0.3 is 15.0 Å². The Hall–Kier alpha value is -3.38. The number of H-pyrrole nitrogens is 1. The van der Waals surface area contributed by atoms with Gasteiger partial charge in [0, 0.05) is 37.8 Å². The van der Waals surface area contributed by atoms with E-state index < -0.39 is 0 Å². The van der Waals surface area contributed by atoms with Crippen molar-refractivity contribution >= 4 is 6.09 Å². The van der Waals surface area contributed by atoms with Crippen molar-refractivity contribution < 1.29 is 9.53 Å². The van der Waals surface area contributed by atoms with Gasteiger partial charge in [-0.1, -0.05) is 48.5 Å². The Balaban J connectivity index is 1.35. The summed E-state index contributed by atoms with van der Waals surface area (Å²) in [6.45, 7) is 2.19. The molecule has 1 aliphatic heterocycles. The summed E-state index contributed by atoms with van der Waals surface area (Å²) in [4.78, 5) is 28.9. The van der Waals surface area contributed by atoms with Gasteiger partial charge >= 0.3 is 6.09 Å². The molecule has 2 N–H and O–H groups in total. The third-order valence-corrected chi connectivity index (χ3v) is 6.01. The number of aromatic amines is 1. The van der Waals surface area contributed by atoms with E-state index in [1.807, 2.05) is 24.3 Å². The molecule has 2 aliphatic rings. The Morgan fingerprint density at radius 2 is 1.70 bits per heavy atom. The average Bonchev–Trinajstić information content (AvgIpc) is 3.12. The van der Waals surface area contributed by atoms with Crippen LogP contribution in [0, 0.1) is 0 Å². The predicted molar refractivity (Wildman–Crippen MR) is 114 cm³/mol. The van der Waals surface area contributed by atoms with Crippen molar-refractivity contribution in [1.82, 2.24) is 15.2 Å². The summed E-state index contributed by atoms with van der Waals surface area (Å²) in [6.07, 6.45) is 1.35. The molecule has 0 spiro atoms. The molecule has 1 aromatic heterocycles. The summed E-state index contributed by atoms with van der Waals surface area (Å²) in [5.74, 6) is 0.0378. The van der Waals surface area contributed by atoms with Gasteiger partial charge in [-0.2, -0.15) is 0 Å². The molecule has 1 saturated heterocycles. The maximum Gasteiger partial charge on any atom is 0.410 e. The van der Waals surface area contributed by atoms with Crippen LogP contribution in [0.5, 0.6) is 0 Å². The second-order valence-electron chi connectivity index (χ2n) is 7.70. The second-order valence-corrected chi connectivity index (χ2v) is 7.70. The number of carbonyl (C=O) groups is 1. The first-order valence-corrected chi connectivity index (χ1v) is 10.2. The highest BCUT2D eigenvalue weighted by molar-refractivity contribution is 5.79. The van der Waals surface area contributed by atoms with Crippen molar-refractivity contribution in [2.75, 3.05) is 26.2 Å². The van der Waals surface area contributed by atoms with E-state index in [1.165, 1.54) is 28.3 Å². The van der Waals surface area contributed by atoms with E-state index in [-0.39, 0.29) is 23.6 Å². The van der Waals surface area contributed by atoms with Crippen LogP contribution in [0.3, 0.4) is 0 Å². The molecule has 2 heterocycles. The van der Waals surface area contributed by atoms with Gasteiger partial charge in [-0.25, -0.2) is 4.79 Å². The van der Waals surface area contributed by atoms with Gasteiger partial charge in [0.1, 0.15) is 6.61 Å². The summed E-state index contributed by atoms with van der Waals surface area (Å²) in [5.41, 5.74) is 5.54. The fraction of sp³-hybridized carbons (Fsp3) is 0.250. The number of nitrogens with zero attached hydrogens (tertiary/aromatic N) is 1. The third-order valence-electron chi connectivity index (χ3n) is 6.01. The van der Waals surface area contributed by atoms with Gasteiger partial charge in [-0.3, -0.25) is 9.69 Å². The van der Waals surface area contributed by atoms with Gasteiger partial charge in [0.2, 0.25) is 5.56 Å². The van der Waals surface area contributed by atoms with Crippen molar-refractivity contribution in [2.45, 2.75) is 12.0 Å². The zero-order chi connectivity index (χ0) is 20.5. The fourth-order valence-corrected chi connectivity index (χ4v) is 4.53. The maximum absolute atomic E-state index is 13.0. The average molecular weight is 401 g/mol. The fourth-order valence-electron chi connectivity index (χ4n) is 4.53. The van der Waals surface area contributed by atoms with Crippen LogP contribution in [0.25, 0.3) is 11.1 Å². The number of hydrogen-bond acceptors (Lipinski definition) is 4. The number of nitrogens with one attached hydrogen (secondary N) is 2. The van der Waals surface area contributed by atoms with E-state index in [0.29, 0.717) is 26.2 Å². The Labute approximate surface area is 174 Å². The number of pyridine rings is 1. The van der Waals surface area contributed by atoms with Crippen LogP contribution in [0.1, 0.15) is 28.7 Å². The first-order valence-electron chi connectivity index (χ1n) is 10.2. The summed E-state index contributed by atoms with van der Waals surface area (Å²) in [5, 5.41) is 3.31. The lowest BCUT2D eigenvalue weighted by atomic mass is 9.98. The largest absolute Gasteiger partial charge is 0.448 e. The lowest BCUT2D eigenvalue weighted by molar-refractivity contribution is 0.0752. The molecule has 30 heavy (non-hydrogen) atoms. The zero-order valence-corrected chi connectivity index (χ0v) is 16.5. The summed E-state index contributed by atoms with van der Waals surface area (Å²) < 4.78 is 5.84. The Morgan fingerprint density at radius 1 is 1.00 bits per heavy atom. The number of hydrogen-bond donors (Lipinski definition) is 2. The first kappa shape index (κ1) is 18.6. The second kappa shape index (κ2) is 7.80. The number of ether oxygens (including phenoxy) is 1. The predicted octanol–water partition coefficient (Wildman–Crippen LogP) is 3.27. The zero-order valence-electron chi connectivity index (χ0n) is 16.5. The number of amides is 1. The molecule has 5 rings (SSSR count). The molecule has 3 aromatic rings. The number of carbonyl (C=O) groups excluding carboxylic acids is 1. The van der Waals surface area contributed by atoms with Gasteiger partial charge in [-0.05, 0) is 33.9 Å². The minimum atomic E-state index is -0.324. The topological polar surface area (TPSA) is 74.4 Å². The van der Waals surface area contributed by atoms with Crippen LogP contribution >= 0.6 is 0 Å². The smallest absolute Gasteiger partial charge is 0.410 e. The lowest BCUT2D eigenvalue weighted by Gasteiger charge is -2.35. The summed E-state index contributed by atoms with van der Waals surface area (Å²) >= 11 is 0. The van der Waals surface area contributed by atoms with Crippen LogP contribution in [-0.2, 0) is 4.74 Å². The molecule has 1 unspecified atom stereocenters. The molecule has 1 aliphatic carbocycles. The summed E-state index contributed by atoms with van der Waals surface area (Å²) in [7, 11) is 0. The van der Waals surface area contributed by atoms with E-state index in [9.17, 15) is 9.59 Å². The van der Waals surface area contributed by atoms with E-state index >= 15 is 0 Å². The van der Waals surface area contributed by atoms with Crippen molar-refractivity contribution in [3.05, 3.63) is 93.9 Å². The molecular formula is C24H23N3O3. The van der Waals surface area contributed by atoms with Gasteiger partial charge in [0.05, 0.1) is 6.04 Å². The van der Waals surface area contributed by atoms with Crippen molar-refractivity contribution in [3.8, 4) is 11.1 Å². The molecular weight excluding hydrogens is 378 g/mol. The molecule has 0 bridgehead atoms. The number of aromatic nitrogens is 1. The molecule has 152 valence electrons. The number of fused-ring (bicyclic) bond motifs is 3. The van der Waals surface area contributed by atoms with Crippen molar-refractivity contribution in [1.29, 1.82) is 0 Å². The van der Waals surface area contributed by atoms with Gasteiger partial charge in [0.15, 0.2) is 0 Å². The molecule has 0 radical (unpaired) electrons. The third kappa shape index (κ3) is 3.29.